The largest absolute Gasteiger partial charge is 0.475 e. The van der Waals surface area contributed by atoms with Gasteiger partial charge in [-0.15, -0.1) is 0 Å². The number of nitrogens with one attached hydrogen (secondary N) is 1. The van der Waals surface area contributed by atoms with E-state index in [2.05, 4.69) is 27.3 Å². The molecule has 1 aliphatic rings. The van der Waals surface area contributed by atoms with Gasteiger partial charge in [-0.2, -0.15) is 14.5 Å². The minimum atomic E-state index is -0.546. The van der Waals surface area contributed by atoms with Crippen molar-refractivity contribution in [3.8, 4) is 5.88 Å². The van der Waals surface area contributed by atoms with Gasteiger partial charge in [-0.25, -0.2) is 4.98 Å². The van der Waals surface area contributed by atoms with Gasteiger partial charge in [0.2, 0.25) is 11.8 Å². The van der Waals surface area contributed by atoms with E-state index in [0.29, 0.717) is 25.7 Å². The molecule has 0 bridgehead atoms. The Labute approximate surface area is 152 Å². The monoisotopic (exact) mass is 363 g/mol. The number of hydrogen-bond donors (Lipinski definition) is 1. The Hall–Kier alpha value is -2.22. The molecular formula is C18H26FN5O2. The van der Waals surface area contributed by atoms with Crippen LogP contribution < -0.4 is 10.1 Å². The molecule has 0 aliphatic heterocycles. The molecule has 0 radical (unpaired) electrons. The molecule has 1 fully saturated rings. The van der Waals surface area contributed by atoms with Crippen LogP contribution in [0.1, 0.15) is 32.6 Å². The lowest BCUT2D eigenvalue weighted by Gasteiger charge is -2.25. The molecule has 2 heterocycles. The number of ether oxygens (including phenoxy) is 2. The molecule has 0 saturated heterocycles. The van der Waals surface area contributed by atoms with Crippen molar-refractivity contribution in [2.45, 2.75) is 39.2 Å². The fourth-order valence-electron chi connectivity index (χ4n) is 3.07. The Morgan fingerprint density at radius 2 is 2.08 bits per heavy atom. The van der Waals surface area contributed by atoms with Gasteiger partial charge in [-0.3, -0.25) is 4.68 Å². The highest BCUT2D eigenvalue weighted by Crippen LogP contribution is 2.29. The van der Waals surface area contributed by atoms with Crippen molar-refractivity contribution >= 4 is 11.6 Å². The van der Waals surface area contributed by atoms with E-state index in [1.807, 2.05) is 6.20 Å². The van der Waals surface area contributed by atoms with Crippen LogP contribution in [-0.2, 0) is 11.3 Å². The Bertz CT molecular complexity index is 701. The zero-order chi connectivity index (χ0) is 18.4. The first-order valence-corrected chi connectivity index (χ1v) is 9.07. The number of anilines is 2. The zero-order valence-electron chi connectivity index (χ0n) is 15.3. The minimum absolute atomic E-state index is 0.00658. The first-order chi connectivity index (χ1) is 12.6. The number of methoxy groups -OCH3 is 1. The molecule has 1 aliphatic carbocycles. The van der Waals surface area contributed by atoms with Crippen LogP contribution in [0.3, 0.4) is 0 Å². The lowest BCUT2D eigenvalue weighted by molar-refractivity contribution is 0.178. The predicted molar refractivity (Wildman–Crippen MR) is 96.0 cm³/mol. The molecule has 0 atom stereocenters. The molecule has 8 heteroatoms. The van der Waals surface area contributed by atoms with Crippen LogP contribution in [0.25, 0.3) is 0 Å². The van der Waals surface area contributed by atoms with E-state index in [4.69, 9.17) is 9.47 Å². The van der Waals surface area contributed by atoms with Gasteiger partial charge in [0.1, 0.15) is 0 Å². The summed E-state index contributed by atoms with van der Waals surface area (Å²) in [5.41, 5.74) is 0.722. The highest BCUT2D eigenvalue weighted by atomic mass is 19.1. The van der Waals surface area contributed by atoms with Crippen LogP contribution in [0.15, 0.2) is 18.6 Å². The summed E-state index contributed by atoms with van der Waals surface area (Å²) in [6.45, 7) is 3.99. The lowest BCUT2D eigenvalue weighted by Crippen LogP contribution is -2.19. The van der Waals surface area contributed by atoms with E-state index in [0.717, 1.165) is 30.6 Å². The van der Waals surface area contributed by atoms with E-state index in [1.165, 1.54) is 12.8 Å². The molecule has 26 heavy (non-hydrogen) atoms. The first kappa shape index (κ1) is 18.6. The molecule has 0 spiro atoms. The second-order valence-electron chi connectivity index (χ2n) is 6.89. The smallest absolute Gasteiger partial charge is 0.255 e. The molecule has 0 unspecified atom stereocenters. The van der Waals surface area contributed by atoms with E-state index in [9.17, 15) is 4.39 Å². The van der Waals surface area contributed by atoms with Gasteiger partial charge in [-0.05, 0) is 24.7 Å². The highest BCUT2D eigenvalue weighted by molar-refractivity contribution is 5.50. The van der Waals surface area contributed by atoms with Crippen molar-refractivity contribution in [3.05, 3.63) is 24.4 Å². The van der Waals surface area contributed by atoms with Gasteiger partial charge >= 0.3 is 0 Å². The van der Waals surface area contributed by atoms with E-state index in [1.54, 1.807) is 18.0 Å². The van der Waals surface area contributed by atoms with Gasteiger partial charge in [0.25, 0.3) is 5.88 Å². The van der Waals surface area contributed by atoms with Crippen LogP contribution in [0, 0.1) is 17.7 Å². The number of rotatable bonds is 8. The summed E-state index contributed by atoms with van der Waals surface area (Å²) in [4.78, 5) is 8.13. The normalized spacial score (nSPS) is 20.1. The van der Waals surface area contributed by atoms with Crippen LogP contribution in [-0.4, -0.2) is 40.1 Å². The summed E-state index contributed by atoms with van der Waals surface area (Å²) in [5.74, 6) is 0.979. The van der Waals surface area contributed by atoms with Crippen molar-refractivity contribution in [2.75, 3.05) is 25.6 Å². The Balaban J connectivity index is 1.57. The summed E-state index contributed by atoms with van der Waals surface area (Å²) < 4.78 is 26.4. The van der Waals surface area contributed by atoms with Crippen molar-refractivity contribution in [2.24, 2.45) is 11.8 Å². The summed E-state index contributed by atoms with van der Waals surface area (Å²) >= 11 is 0. The summed E-state index contributed by atoms with van der Waals surface area (Å²) in [7, 11) is 1.64. The van der Waals surface area contributed by atoms with Gasteiger partial charge in [-0.1, -0.05) is 19.8 Å². The third kappa shape index (κ3) is 5.14. The average Bonchev–Trinajstić information content (AvgIpc) is 3.09. The van der Waals surface area contributed by atoms with E-state index >= 15 is 0 Å². The van der Waals surface area contributed by atoms with Crippen molar-refractivity contribution in [1.82, 2.24) is 19.7 Å². The fraction of sp³-hybridized carbons (Fsp3) is 0.611. The number of aromatic nitrogens is 4. The topological polar surface area (TPSA) is 74.1 Å². The first-order valence-electron chi connectivity index (χ1n) is 9.07. The second kappa shape index (κ2) is 8.93. The molecule has 3 rings (SSSR count). The second-order valence-corrected chi connectivity index (χ2v) is 6.89. The van der Waals surface area contributed by atoms with Crippen molar-refractivity contribution < 1.29 is 13.9 Å². The Morgan fingerprint density at radius 1 is 1.27 bits per heavy atom. The molecule has 0 amide bonds. The summed E-state index contributed by atoms with van der Waals surface area (Å²) in [5, 5.41) is 7.23. The highest BCUT2D eigenvalue weighted by Gasteiger charge is 2.20. The summed E-state index contributed by atoms with van der Waals surface area (Å²) in [6.07, 6.45) is 9.27. The Kier molecular flexibility index (Phi) is 6.38. The maximum absolute atomic E-state index is 14.0. The van der Waals surface area contributed by atoms with Crippen LogP contribution >= 0.6 is 0 Å². The minimum Gasteiger partial charge on any atom is -0.475 e. The van der Waals surface area contributed by atoms with E-state index in [-0.39, 0.29) is 11.8 Å². The van der Waals surface area contributed by atoms with Crippen LogP contribution in [0.2, 0.25) is 0 Å². The summed E-state index contributed by atoms with van der Waals surface area (Å²) in [6, 6.07) is 0. The van der Waals surface area contributed by atoms with Crippen molar-refractivity contribution in [3.63, 3.8) is 0 Å². The standard InChI is InChI=1S/C18H26FN5O2/c1-13-3-5-14(6-4-13)12-26-17-16(19)10-20-18(23-17)22-15-9-21-24(11-15)7-8-25-2/h9-11,13-14H,3-8,12H2,1-2H3,(H,20,22,23). The van der Waals surface area contributed by atoms with Gasteiger partial charge in [0.15, 0.2) is 0 Å². The molecule has 0 aromatic carbocycles. The third-order valence-corrected chi connectivity index (χ3v) is 4.72. The molecule has 7 nitrogen and oxygen atoms in total. The maximum atomic E-state index is 14.0. The fourth-order valence-corrected chi connectivity index (χ4v) is 3.07. The third-order valence-electron chi connectivity index (χ3n) is 4.72. The molecular weight excluding hydrogens is 337 g/mol. The van der Waals surface area contributed by atoms with E-state index < -0.39 is 5.82 Å². The molecule has 142 valence electrons. The predicted octanol–water partition coefficient (Wildman–Crippen LogP) is 3.41. The van der Waals surface area contributed by atoms with Gasteiger partial charge in [0.05, 0.1) is 37.8 Å². The van der Waals surface area contributed by atoms with Crippen molar-refractivity contribution in [1.29, 1.82) is 0 Å². The van der Waals surface area contributed by atoms with Crippen LogP contribution in [0.4, 0.5) is 16.0 Å². The maximum Gasteiger partial charge on any atom is 0.255 e. The quantitative estimate of drug-likeness (QED) is 0.775. The van der Waals surface area contributed by atoms with Crippen LogP contribution in [0.5, 0.6) is 5.88 Å². The molecule has 1 saturated carbocycles. The number of hydrogen-bond acceptors (Lipinski definition) is 6. The number of nitrogens with zero attached hydrogens (tertiary/aromatic N) is 4. The van der Waals surface area contributed by atoms with Gasteiger partial charge in [0, 0.05) is 13.3 Å². The number of halogens is 1. The molecule has 2 aromatic rings. The lowest BCUT2D eigenvalue weighted by atomic mass is 9.83. The zero-order valence-corrected chi connectivity index (χ0v) is 15.3. The SMILES string of the molecule is COCCn1cc(Nc2ncc(F)c(OCC3CCC(C)CC3)n2)cn1. The van der Waals surface area contributed by atoms with Gasteiger partial charge < -0.3 is 14.8 Å². The average molecular weight is 363 g/mol. The molecule has 1 N–H and O–H groups in total. The molecule has 2 aromatic heterocycles. The Morgan fingerprint density at radius 3 is 2.85 bits per heavy atom.